The van der Waals surface area contributed by atoms with Crippen molar-refractivity contribution < 1.29 is 8.42 Å². The minimum Gasteiger partial charge on any atom is -0.324 e. The number of nitrogens with two attached hydrogens (primary N) is 1. The van der Waals surface area contributed by atoms with Crippen LogP contribution in [-0.2, 0) is 9.84 Å². The number of hydrogen-bond donors (Lipinski definition) is 1. The summed E-state index contributed by atoms with van der Waals surface area (Å²) in [4.78, 5) is 4.24. The van der Waals surface area contributed by atoms with Crippen LogP contribution in [0.3, 0.4) is 0 Å². The molecular formula is C11H14N4O2S. The second-order valence-corrected chi connectivity index (χ2v) is 6.17. The first-order valence-electron chi connectivity index (χ1n) is 5.33. The van der Waals surface area contributed by atoms with E-state index in [9.17, 15) is 8.42 Å². The number of aromatic nitrogens is 3. The van der Waals surface area contributed by atoms with Gasteiger partial charge in [-0.2, -0.15) is 5.10 Å². The van der Waals surface area contributed by atoms with E-state index in [1.807, 2.05) is 13.0 Å². The van der Waals surface area contributed by atoms with Crippen molar-refractivity contribution in [2.24, 2.45) is 5.73 Å². The molecule has 2 N–H and O–H groups in total. The summed E-state index contributed by atoms with van der Waals surface area (Å²) in [6.45, 7) is 1.85. The maximum Gasteiger partial charge on any atom is 0.178 e. The summed E-state index contributed by atoms with van der Waals surface area (Å²) in [7, 11) is -3.24. The quantitative estimate of drug-likeness (QED) is 0.882. The monoisotopic (exact) mass is 266 g/mol. The highest BCUT2D eigenvalue weighted by molar-refractivity contribution is 7.90. The van der Waals surface area contributed by atoms with E-state index in [0.29, 0.717) is 5.69 Å². The molecule has 2 aromatic heterocycles. The maximum atomic E-state index is 11.4. The van der Waals surface area contributed by atoms with Crippen LogP contribution < -0.4 is 5.73 Å². The van der Waals surface area contributed by atoms with E-state index in [2.05, 4.69) is 10.1 Å². The normalized spacial score (nSPS) is 13.5. The summed E-state index contributed by atoms with van der Waals surface area (Å²) in [5, 5.41) is 4.01. The van der Waals surface area contributed by atoms with Gasteiger partial charge in [0.15, 0.2) is 9.84 Å². The number of hydrogen-bond acceptors (Lipinski definition) is 5. The Balaban J connectivity index is 2.43. The van der Waals surface area contributed by atoms with Crippen LogP contribution in [-0.4, -0.2) is 29.4 Å². The molecule has 0 bridgehead atoms. The summed E-state index contributed by atoms with van der Waals surface area (Å²) in [5.41, 5.74) is 7.31. The van der Waals surface area contributed by atoms with Crippen molar-refractivity contribution in [3.8, 4) is 5.69 Å². The predicted octanol–water partition coefficient (Wildman–Crippen LogP) is 0.690. The predicted molar refractivity (Wildman–Crippen MR) is 67.1 cm³/mol. The Bertz CT molecular complexity index is 661. The van der Waals surface area contributed by atoms with E-state index in [-0.39, 0.29) is 10.9 Å². The van der Waals surface area contributed by atoms with Gasteiger partial charge >= 0.3 is 0 Å². The fourth-order valence-corrected chi connectivity index (χ4v) is 1.99. The number of pyridine rings is 1. The molecule has 6 nitrogen and oxygen atoms in total. The summed E-state index contributed by atoms with van der Waals surface area (Å²) >= 11 is 0. The van der Waals surface area contributed by atoms with E-state index < -0.39 is 9.84 Å². The van der Waals surface area contributed by atoms with Crippen molar-refractivity contribution in [1.82, 2.24) is 14.8 Å². The molecule has 2 heterocycles. The smallest absolute Gasteiger partial charge is 0.178 e. The first-order chi connectivity index (χ1) is 8.38. The van der Waals surface area contributed by atoms with E-state index in [1.165, 1.54) is 17.1 Å². The van der Waals surface area contributed by atoms with Crippen molar-refractivity contribution in [3.05, 3.63) is 36.4 Å². The molecule has 0 aliphatic carbocycles. The van der Waals surface area contributed by atoms with Gasteiger partial charge in [0, 0.05) is 24.7 Å². The van der Waals surface area contributed by atoms with Gasteiger partial charge in [0.2, 0.25) is 0 Å². The summed E-state index contributed by atoms with van der Waals surface area (Å²) in [6, 6.07) is 1.69. The van der Waals surface area contributed by atoms with Gasteiger partial charge in [-0.15, -0.1) is 0 Å². The average Bonchev–Trinajstić information content (AvgIpc) is 2.78. The molecule has 2 aromatic rings. The SMILES string of the molecule is CC(N)c1cncc(-n2cc(S(C)(=O)=O)cn2)c1. The van der Waals surface area contributed by atoms with Crippen LogP contribution in [0.2, 0.25) is 0 Å². The number of nitrogens with zero attached hydrogens (tertiary/aromatic N) is 3. The molecule has 2 rings (SSSR count). The van der Waals surface area contributed by atoms with Crippen LogP contribution in [0.1, 0.15) is 18.5 Å². The van der Waals surface area contributed by atoms with E-state index >= 15 is 0 Å². The molecule has 0 aliphatic heterocycles. The van der Waals surface area contributed by atoms with Crippen molar-refractivity contribution >= 4 is 9.84 Å². The van der Waals surface area contributed by atoms with Gasteiger partial charge in [0.25, 0.3) is 0 Å². The lowest BCUT2D eigenvalue weighted by atomic mass is 10.1. The fourth-order valence-electron chi connectivity index (χ4n) is 1.46. The molecule has 1 unspecified atom stereocenters. The molecule has 0 radical (unpaired) electrons. The third-order valence-corrected chi connectivity index (χ3v) is 3.59. The maximum absolute atomic E-state index is 11.4. The van der Waals surface area contributed by atoms with Crippen LogP contribution in [0.4, 0.5) is 0 Å². The molecule has 0 amide bonds. The highest BCUT2D eigenvalue weighted by Gasteiger charge is 2.11. The molecule has 0 aromatic carbocycles. The van der Waals surface area contributed by atoms with Crippen LogP contribution in [0, 0.1) is 0 Å². The topological polar surface area (TPSA) is 90.9 Å². The van der Waals surface area contributed by atoms with Crippen LogP contribution in [0.5, 0.6) is 0 Å². The van der Waals surface area contributed by atoms with Gasteiger partial charge in [-0.1, -0.05) is 0 Å². The Labute approximate surface area is 105 Å². The minimum absolute atomic E-state index is 0.137. The van der Waals surface area contributed by atoms with E-state index in [4.69, 9.17) is 5.73 Å². The zero-order valence-electron chi connectivity index (χ0n) is 10.1. The minimum atomic E-state index is -3.24. The number of sulfone groups is 1. The standard InChI is InChI=1S/C11H14N4O2S/c1-8(12)9-3-10(5-13-4-9)15-7-11(6-14-15)18(2,16)17/h3-8H,12H2,1-2H3. The first kappa shape index (κ1) is 12.7. The molecule has 96 valence electrons. The highest BCUT2D eigenvalue weighted by Crippen LogP contribution is 2.15. The highest BCUT2D eigenvalue weighted by atomic mass is 32.2. The van der Waals surface area contributed by atoms with Crippen molar-refractivity contribution in [2.75, 3.05) is 6.26 Å². The Morgan fingerprint density at radius 2 is 2.06 bits per heavy atom. The van der Waals surface area contributed by atoms with Crippen molar-refractivity contribution in [3.63, 3.8) is 0 Å². The molecule has 0 saturated carbocycles. The Hall–Kier alpha value is -1.73. The molecule has 7 heteroatoms. The average molecular weight is 266 g/mol. The number of rotatable bonds is 3. The van der Waals surface area contributed by atoms with Gasteiger partial charge in [0.1, 0.15) is 4.90 Å². The second-order valence-electron chi connectivity index (χ2n) is 4.16. The Kier molecular flexibility index (Phi) is 3.18. The second kappa shape index (κ2) is 4.51. The zero-order valence-corrected chi connectivity index (χ0v) is 10.9. The molecule has 0 saturated heterocycles. The van der Waals surface area contributed by atoms with Gasteiger partial charge in [-0.05, 0) is 18.6 Å². The lowest BCUT2D eigenvalue weighted by molar-refractivity contribution is 0.602. The third kappa shape index (κ3) is 2.57. The van der Waals surface area contributed by atoms with Gasteiger partial charge < -0.3 is 5.73 Å². The van der Waals surface area contributed by atoms with E-state index in [0.717, 1.165) is 11.8 Å². The Morgan fingerprint density at radius 3 is 2.61 bits per heavy atom. The van der Waals surface area contributed by atoms with Gasteiger partial charge in [-0.25, -0.2) is 13.1 Å². The van der Waals surface area contributed by atoms with Gasteiger partial charge in [0.05, 0.1) is 18.1 Å². The lowest BCUT2D eigenvalue weighted by Crippen LogP contribution is -2.06. The summed E-state index contributed by atoms with van der Waals surface area (Å²) in [5.74, 6) is 0. The lowest BCUT2D eigenvalue weighted by Gasteiger charge is -2.07. The molecule has 18 heavy (non-hydrogen) atoms. The van der Waals surface area contributed by atoms with Crippen molar-refractivity contribution in [2.45, 2.75) is 17.9 Å². The third-order valence-electron chi connectivity index (χ3n) is 2.52. The van der Waals surface area contributed by atoms with Crippen molar-refractivity contribution in [1.29, 1.82) is 0 Å². The Morgan fingerprint density at radius 1 is 1.33 bits per heavy atom. The molecule has 1 atom stereocenters. The fraction of sp³-hybridized carbons (Fsp3) is 0.273. The molecule has 0 fully saturated rings. The molecular weight excluding hydrogens is 252 g/mol. The van der Waals surface area contributed by atoms with E-state index in [1.54, 1.807) is 12.4 Å². The zero-order chi connectivity index (χ0) is 13.3. The molecule has 0 aliphatic rings. The van der Waals surface area contributed by atoms with Crippen LogP contribution in [0.15, 0.2) is 35.7 Å². The largest absolute Gasteiger partial charge is 0.324 e. The molecule has 0 spiro atoms. The summed E-state index contributed by atoms with van der Waals surface area (Å²) < 4.78 is 24.2. The van der Waals surface area contributed by atoms with Crippen LogP contribution in [0.25, 0.3) is 5.69 Å². The van der Waals surface area contributed by atoms with Gasteiger partial charge in [-0.3, -0.25) is 4.98 Å². The van der Waals surface area contributed by atoms with Crippen LogP contribution >= 0.6 is 0 Å². The summed E-state index contributed by atoms with van der Waals surface area (Å²) in [6.07, 6.45) is 7.19. The first-order valence-corrected chi connectivity index (χ1v) is 7.22.